The van der Waals surface area contributed by atoms with Crippen molar-refractivity contribution in [3.8, 4) is 0 Å². The first-order valence-electron chi connectivity index (χ1n) is 4.86. The van der Waals surface area contributed by atoms with Crippen LogP contribution in [-0.2, 0) is 11.3 Å². The van der Waals surface area contributed by atoms with Crippen LogP contribution in [0.4, 0.5) is 0 Å². The van der Waals surface area contributed by atoms with E-state index in [1.165, 1.54) is 0 Å². The molecule has 6 nitrogen and oxygen atoms in total. The highest BCUT2D eigenvalue weighted by Gasteiger charge is 2.28. The molecule has 1 amide bonds. The second-order valence-electron chi connectivity index (χ2n) is 3.21. The predicted molar refractivity (Wildman–Crippen MR) is 63.2 cm³/mol. The molecule has 0 fully saturated rings. The second-order valence-corrected chi connectivity index (χ2v) is 4.29. The van der Waals surface area contributed by atoms with Crippen LogP contribution in [0.15, 0.2) is 0 Å². The maximum absolute atomic E-state index is 11.6. The molecule has 0 saturated heterocycles. The molecular weight excluding hydrogens is 325 g/mol. The fourth-order valence-corrected chi connectivity index (χ4v) is 2.36. The number of fused-ring (bicyclic) bond motifs is 1. The molecule has 86 valence electrons. The molecule has 0 atom stereocenters. The lowest BCUT2D eigenvalue weighted by Crippen LogP contribution is -2.36. The van der Waals surface area contributed by atoms with Crippen LogP contribution in [0.5, 0.6) is 0 Å². The Morgan fingerprint density at radius 2 is 2.44 bits per heavy atom. The number of hydrogen-bond donors (Lipinski definition) is 1. The fraction of sp³-hybridized carbons (Fsp3) is 0.444. The van der Waals surface area contributed by atoms with E-state index in [9.17, 15) is 9.59 Å². The van der Waals surface area contributed by atoms with Gasteiger partial charge in [-0.2, -0.15) is 5.10 Å². The Bertz CT molecular complexity index is 455. The number of hydrogen-bond acceptors (Lipinski definition) is 4. The first-order chi connectivity index (χ1) is 7.65. The van der Waals surface area contributed by atoms with E-state index >= 15 is 0 Å². The highest BCUT2D eigenvalue weighted by molar-refractivity contribution is 14.1. The van der Waals surface area contributed by atoms with Gasteiger partial charge >= 0.3 is 5.97 Å². The Morgan fingerprint density at radius 1 is 1.69 bits per heavy atom. The van der Waals surface area contributed by atoms with Gasteiger partial charge in [-0.15, -0.1) is 0 Å². The summed E-state index contributed by atoms with van der Waals surface area (Å²) < 4.78 is 6.97. The first-order valence-corrected chi connectivity index (χ1v) is 5.94. The number of amides is 1. The van der Waals surface area contributed by atoms with Crippen molar-refractivity contribution in [2.45, 2.75) is 13.5 Å². The van der Waals surface area contributed by atoms with Crippen molar-refractivity contribution in [3.05, 3.63) is 15.0 Å². The molecule has 0 aromatic carbocycles. The molecule has 0 unspecified atom stereocenters. The number of aromatic nitrogens is 2. The maximum Gasteiger partial charge on any atom is 0.359 e. The van der Waals surface area contributed by atoms with Gasteiger partial charge in [0.15, 0.2) is 5.69 Å². The summed E-state index contributed by atoms with van der Waals surface area (Å²) in [6, 6.07) is 0. The minimum absolute atomic E-state index is 0.196. The topological polar surface area (TPSA) is 73.2 Å². The Morgan fingerprint density at radius 3 is 3.06 bits per heavy atom. The molecule has 1 aliphatic heterocycles. The molecule has 1 N–H and O–H groups in total. The van der Waals surface area contributed by atoms with Gasteiger partial charge in [-0.25, -0.2) is 4.79 Å². The largest absolute Gasteiger partial charge is 0.461 e. The van der Waals surface area contributed by atoms with E-state index in [0.29, 0.717) is 29.0 Å². The van der Waals surface area contributed by atoms with Crippen LogP contribution in [0.25, 0.3) is 0 Å². The Balaban J connectivity index is 2.42. The number of halogens is 1. The van der Waals surface area contributed by atoms with Crippen molar-refractivity contribution < 1.29 is 14.3 Å². The molecule has 1 aromatic rings. The Hall–Kier alpha value is -1.12. The van der Waals surface area contributed by atoms with Crippen LogP contribution in [0.3, 0.4) is 0 Å². The minimum Gasteiger partial charge on any atom is -0.461 e. The maximum atomic E-state index is 11.6. The highest BCUT2D eigenvalue weighted by atomic mass is 127. The van der Waals surface area contributed by atoms with Gasteiger partial charge in [-0.1, -0.05) is 0 Å². The summed E-state index contributed by atoms with van der Waals surface area (Å²) in [4.78, 5) is 23.1. The number of nitrogens with one attached hydrogen (secondary N) is 1. The number of rotatable bonds is 2. The molecule has 0 aliphatic carbocycles. The van der Waals surface area contributed by atoms with Crippen LogP contribution < -0.4 is 5.32 Å². The van der Waals surface area contributed by atoms with Gasteiger partial charge in [0.05, 0.1) is 16.7 Å². The SMILES string of the molecule is CCOC(=O)c1nn2c(c1I)C(=O)NCC2. The lowest BCUT2D eigenvalue weighted by atomic mass is 10.3. The number of carbonyl (C=O) groups is 2. The van der Waals surface area contributed by atoms with E-state index in [1.54, 1.807) is 11.6 Å². The molecule has 0 spiro atoms. The average Bonchev–Trinajstić information content (AvgIpc) is 2.58. The molecular formula is C9H10IN3O3. The van der Waals surface area contributed by atoms with Gasteiger partial charge in [-0.3, -0.25) is 9.48 Å². The molecule has 0 bridgehead atoms. The van der Waals surface area contributed by atoms with Crippen molar-refractivity contribution in [2.75, 3.05) is 13.2 Å². The van der Waals surface area contributed by atoms with Gasteiger partial charge < -0.3 is 10.1 Å². The zero-order valence-electron chi connectivity index (χ0n) is 8.62. The van der Waals surface area contributed by atoms with Gasteiger partial charge in [0.25, 0.3) is 5.91 Å². The molecule has 0 saturated carbocycles. The number of nitrogens with zero attached hydrogens (tertiary/aromatic N) is 2. The van der Waals surface area contributed by atoms with Crippen LogP contribution in [0, 0.1) is 3.57 Å². The van der Waals surface area contributed by atoms with Crippen molar-refractivity contribution in [2.24, 2.45) is 0 Å². The molecule has 0 radical (unpaired) electrons. The third-order valence-corrected chi connectivity index (χ3v) is 3.21. The van der Waals surface area contributed by atoms with Gasteiger partial charge in [0, 0.05) is 6.54 Å². The van der Waals surface area contributed by atoms with E-state index in [1.807, 2.05) is 22.6 Å². The Labute approximate surface area is 105 Å². The average molecular weight is 335 g/mol. The standard InChI is InChI=1S/C9H10IN3O3/c1-2-16-9(15)6-5(10)7-8(14)11-3-4-13(7)12-6/h2-4H2,1H3,(H,11,14). The third-order valence-electron chi connectivity index (χ3n) is 2.19. The summed E-state index contributed by atoms with van der Waals surface area (Å²) in [5, 5.41) is 6.80. The summed E-state index contributed by atoms with van der Waals surface area (Å²) in [7, 11) is 0. The Kier molecular flexibility index (Phi) is 3.13. The molecule has 1 aliphatic rings. The summed E-state index contributed by atoms with van der Waals surface area (Å²) >= 11 is 1.94. The fourth-order valence-electron chi connectivity index (χ4n) is 1.51. The molecule has 16 heavy (non-hydrogen) atoms. The zero-order valence-corrected chi connectivity index (χ0v) is 10.8. The second kappa shape index (κ2) is 4.40. The first kappa shape index (κ1) is 11.4. The van der Waals surface area contributed by atoms with E-state index in [0.717, 1.165) is 0 Å². The quantitative estimate of drug-likeness (QED) is 0.628. The normalized spacial score (nSPS) is 14.2. The van der Waals surface area contributed by atoms with Crippen LogP contribution in [0.2, 0.25) is 0 Å². The minimum atomic E-state index is -0.485. The molecule has 2 rings (SSSR count). The summed E-state index contributed by atoms with van der Waals surface area (Å²) in [6.07, 6.45) is 0. The van der Waals surface area contributed by atoms with Gasteiger partial charge in [-0.05, 0) is 29.5 Å². The zero-order chi connectivity index (χ0) is 11.7. The van der Waals surface area contributed by atoms with E-state index in [2.05, 4.69) is 10.4 Å². The van der Waals surface area contributed by atoms with Gasteiger partial charge in [0.2, 0.25) is 0 Å². The van der Waals surface area contributed by atoms with Crippen molar-refractivity contribution in [1.82, 2.24) is 15.1 Å². The number of ether oxygens (including phenoxy) is 1. The van der Waals surface area contributed by atoms with Crippen molar-refractivity contribution in [1.29, 1.82) is 0 Å². The summed E-state index contributed by atoms with van der Waals surface area (Å²) in [6.45, 7) is 3.14. The lowest BCUT2D eigenvalue weighted by molar-refractivity contribution is 0.0517. The molecule has 2 heterocycles. The summed E-state index contributed by atoms with van der Waals surface area (Å²) in [5.41, 5.74) is 0.657. The van der Waals surface area contributed by atoms with Crippen molar-refractivity contribution >= 4 is 34.5 Å². The predicted octanol–water partition coefficient (Wildman–Crippen LogP) is 0.408. The number of esters is 1. The van der Waals surface area contributed by atoms with Crippen LogP contribution >= 0.6 is 22.6 Å². The van der Waals surface area contributed by atoms with Gasteiger partial charge in [0.1, 0.15) is 5.69 Å². The highest BCUT2D eigenvalue weighted by Crippen LogP contribution is 2.19. The lowest BCUT2D eigenvalue weighted by Gasteiger charge is -2.13. The van der Waals surface area contributed by atoms with Crippen molar-refractivity contribution in [3.63, 3.8) is 0 Å². The smallest absolute Gasteiger partial charge is 0.359 e. The monoisotopic (exact) mass is 335 g/mol. The number of carbonyl (C=O) groups excluding carboxylic acids is 2. The van der Waals surface area contributed by atoms with E-state index in [4.69, 9.17) is 4.74 Å². The van der Waals surface area contributed by atoms with E-state index in [-0.39, 0.29) is 11.6 Å². The molecule has 7 heteroatoms. The van der Waals surface area contributed by atoms with Crippen LogP contribution in [0.1, 0.15) is 27.9 Å². The third kappa shape index (κ3) is 1.79. The molecule has 1 aromatic heterocycles. The summed E-state index contributed by atoms with van der Waals surface area (Å²) in [5.74, 6) is -0.680. The van der Waals surface area contributed by atoms with E-state index < -0.39 is 5.97 Å². The van der Waals surface area contributed by atoms with Crippen LogP contribution in [-0.4, -0.2) is 34.8 Å².